The number of rotatable bonds is 18. The molecular weight excluding hydrogens is 276 g/mol. The molecule has 2 unspecified atom stereocenters. The molecular formula is C23H47. The highest BCUT2D eigenvalue weighted by Gasteiger charge is 2.13. The van der Waals surface area contributed by atoms with Gasteiger partial charge in [0.05, 0.1) is 0 Å². The monoisotopic (exact) mass is 323 g/mol. The standard InChI is InChI=1S/C23H47/c1-5-8-11-13-14-17-20-23(19-15-10-7-3)21-22(4)18-16-12-9-6-2/h21-23H,5-20H2,1-4H3. The van der Waals surface area contributed by atoms with Crippen molar-refractivity contribution in [3.05, 3.63) is 6.42 Å². The Kier molecular flexibility index (Phi) is 18.3. The van der Waals surface area contributed by atoms with E-state index in [0.29, 0.717) is 0 Å². The van der Waals surface area contributed by atoms with E-state index in [0.717, 1.165) is 11.8 Å². The van der Waals surface area contributed by atoms with Crippen LogP contribution in [0.2, 0.25) is 0 Å². The summed E-state index contributed by atoms with van der Waals surface area (Å²) in [7, 11) is 0. The third kappa shape index (κ3) is 16.6. The molecule has 0 amide bonds. The van der Waals surface area contributed by atoms with Gasteiger partial charge in [-0.15, -0.1) is 0 Å². The first kappa shape index (κ1) is 23.0. The van der Waals surface area contributed by atoms with E-state index in [9.17, 15) is 0 Å². The van der Waals surface area contributed by atoms with E-state index in [1.807, 2.05) is 0 Å². The maximum atomic E-state index is 2.73. The first-order chi connectivity index (χ1) is 11.2. The lowest BCUT2D eigenvalue weighted by Gasteiger charge is -2.21. The average molecular weight is 324 g/mol. The average Bonchev–Trinajstić information content (AvgIpc) is 2.54. The molecule has 0 saturated heterocycles. The predicted molar refractivity (Wildman–Crippen MR) is 108 cm³/mol. The summed E-state index contributed by atoms with van der Waals surface area (Å²) in [6.07, 6.45) is 25.5. The second-order valence-electron chi connectivity index (χ2n) is 7.83. The molecule has 0 aliphatic carbocycles. The van der Waals surface area contributed by atoms with Crippen LogP contribution < -0.4 is 0 Å². The Morgan fingerprint density at radius 3 is 1.52 bits per heavy atom. The molecule has 0 saturated carbocycles. The summed E-state index contributed by atoms with van der Waals surface area (Å²) in [4.78, 5) is 0. The Hall–Kier alpha value is 0. The Morgan fingerprint density at radius 1 is 0.522 bits per heavy atom. The van der Waals surface area contributed by atoms with E-state index in [1.165, 1.54) is 103 Å². The maximum Gasteiger partial charge on any atom is -0.0326 e. The number of hydrogen-bond acceptors (Lipinski definition) is 0. The number of hydrogen-bond donors (Lipinski definition) is 0. The fourth-order valence-corrected chi connectivity index (χ4v) is 3.63. The Morgan fingerprint density at radius 2 is 0.913 bits per heavy atom. The Labute approximate surface area is 149 Å². The minimum absolute atomic E-state index is 0.832. The molecule has 0 aliphatic heterocycles. The van der Waals surface area contributed by atoms with Crippen molar-refractivity contribution in [1.29, 1.82) is 0 Å². The highest BCUT2D eigenvalue weighted by atomic mass is 14.2. The molecule has 0 bridgehead atoms. The van der Waals surface area contributed by atoms with Gasteiger partial charge in [0.1, 0.15) is 0 Å². The molecule has 0 nitrogen and oxygen atoms in total. The first-order valence-electron chi connectivity index (χ1n) is 11.1. The van der Waals surface area contributed by atoms with Gasteiger partial charge in [0, 0.05) is 0 Å². The van der Waals surface area contributed by atoms with Crippen molar-refractivity contribution < 1.29 is 0 Å². The SMILES string of the molecule is CCCCCCCCC([CH]C(C)CCCCCC)CCCCC. The quantitative estimate of drug-likeness (QED) is 0.221. The van der Waals surface area contributed by atoms with Gasteiger partial charge < -0.3 is 0 Å². The van der Waals surface area contributed by atoms with Gasteiger partial charge in [-0.3, -0.25) is 0 Å². The highest BCUT2D eigenvalue weighted by molar-refractivity contribution is 4.81. The van der Waals surface area contributed by atoms with Gasteiger partial charge in [-0.1, -0.05) is 130 Å². The zero-order chi connectivity index (χ0) is 17.2. The van der Waals surface area contributed by atoms with Crippen molar-refractivity contribution in [2.45, 2.75) is 130 Å². The molecule has 0 aliphatic rings. The fraction of sp³-hybridized carbons (Fsp3) is 0.957. The Balaban J connectivity index is 3.87. The molecule has 1 radical (unpaired) electrons. The third-order valence-electron chi connectivity index (χ3n) is 5.22. The molecule has 0 fully saturated rings. The third-order valence-corrected chi connectivity index (χ3v) is 5.22. The van der Waals surface area contributed by atoms with Gasteiger partial charge in [-0.25, -0.2) is 0 Å². The van der Waals surface area contributed by atoms with Crippen molar-refractivity contribution in [2.75, 3.05) is 0 Å². The lowest BCUT2D eigenvalue weighted by molar-refractivity contribution is 0.399. The van der Waals surface area contributed by atoms with Gasteiger partial charge >= 0.3 is 0 Å². The van der Waals surface area contributed by atoms with Crippen LogP contribution >= 0.6 is 0 Å². The van der Waals surface area contributed by atoms with Crippen LogP contribution in [-0.4, -0.2) is 0 Å². The van der Waals surface area contributed by atoms with Crippen molar-refractivity contribution in [1.82, 2.24) is 0 Å². The molecule has 0 spiro atoms. The molecule has 139 valence electrons. The summed E-state index contributed by atoms with van der Waals surface area (Å²) in [5.41, 5.74) is 0. The van der Waals surface area contributed by atoms with E-state index in [1.54, 1.807) is 0 Å². The predicted octanol–water partition coefficient (Wildman–Crippen LogP) is 8.74. The van der Waals surface area contributed by atoms with Crippen molar-refractivity contribution in [3.63, 3.8) is 0 Å². The lowest BCUT2D eigenvalue weighted by Crippen LogP contribution is -2.08. The second-order valence-corrected chi connectivity index (χ2v) is 7.83. The van der Waals surface area contributed by atoms with Crippen molar-refractivity contribution in [2.24, 2.45) is 11.8 Å². The van der Waals surface area contributed by atoms with E-state index in [4.69, 9.17) is 0 Å². The topological polar surface area (TPSA) is 0 Å². The van der Waals surface area contributed by atoms with Crippen LogP contribution in [0.1, 0.15) is 130 Å². The maximum absolute atomic E-state index is 2.73. The minimum atomic E-state index is 0.832. The van der Waals surface area contributed by atoms with Gasteiger partial charge in [-0.05, 0) is 18.3 Å². The normalized spacial score (nSPS) is 14.1. The first-order valence-corrected chi connectivity index (χ1v) is 11.1. The lowest BCUT2D eigenvalue weighted by atomic mass is 9.85. The minimum Gasteiger partial charge on any atom is -0.0654 e. The van der Waals surface area contributed by atoms with Crippen LogP contribution in [0.25, 0.3) is 0 Å². The van der Waals surface area contributed by atoms with E-state index < -0.39 is 0 Å². The van der Waals surface area contributed by atoms with Gasteiger partial charge in [0.25, 0.3) is 0 Å². The molecule has 0 aromatic heterocycles. The highest BCUT2D eigenvalue weighted by Crippen LogP contribution is 2.26. The summed E-state index contributed by atoms with van der Waals surface area (Å²) in [5, 5.41) is 0. The van der Waals surface area contributed by atoms with Crippen molar-refractivity contribution >= 4 is 0 Å². The zero-order valence-electron chi connectivity index (χ0n) is 17.0. The molecule has 0 rings (SSSR count). The molecule has 0 heteroatoms. The fourth-order valence-electron chi connectivity index (χ4n) is 3.63. The Bertz CT molecular complexity index is 208. The summed E-state index contributed by atoms with van der Waals surface area (Å²) >= 11 is 0. The van der Waals surface area contributed by atoms with Crippen LogP contribution in [0.5, 0.6) is 0 Å². The summed E-state index contributed by atoms with van der Waals surface area (Å²) in [6.45, 7) is 9.39. The largest absolute Gasteiger partial charge is 0.0654 e. The summed E-state index contributed by atoms with van der Waals surface area (Å²) < 4.78 is 0. The van der Waals surface area contributed by atoms with Crippen molar-refractivity contribution in [3.8, 4) is 0 Å². The molecule has 0 N–H and O–H groups in total. The smallest absolute Gasteiger partial charge is 0.0326 e. The molecule has 23 heavy (non-hydrogen) atoms. The molecule has 0 aromatic carbocycles. The van der Waals surface area contributed by atoms with E-state index >= 15 is 0 Å². The van der Waals surface area contributed by atoms with Gasteiger partial charge in [0.2, 0.25) is 0 Å². The summed E-state index contributed by atoms with van der Waals surface area (Å²) in [5.74, 6) is 1.73. The van der Waals surface area contributed by atoms with E-state index in [-0.39, 0.29) is 0 Å². The summed E-state index contributed by atoms with van der Waals surface area (Å²) in [6, 6.07) is 0. The van der Waals surface area contributed by atoms with Crippen LogP contribution in [-0.2, 0) is 0 Å². The molecule has 0 aromatic rings. The second kappa shape index (κ2) is 18.3. The van der Waals surface area contributed by atoms with Crippen LogP contribution in [0.4, 0.5) is 0 Å². The van der Waals surface area contributed by atoms with Crippen LogP contribution in [0.15, 0.2) is 0 Å². The van der Waals surface area contributed by atoms with Crippen LogP contribution in [0, 0.1) is 18.3 Å². The number of unbranched alkanes of at least 4 members (excludes halogenated alkanes) is 10. The van der Waals surface area contributed by atoms with Gasteiger partial charge in [-0.2, -0.15) is 0 Å². The van der Waals surface area contributed by atoms with E-state index in [2.05, 4.69) is 34.1 Å². The van der Waals surface area contributed by atoms with Crippen LogP contribution in [0.3, 0.4) is 0 Å². The van der Waals surface area contributed by atoms with Gasteiger partial charge in [0.15, 0.2) is 0 Å². The zero-order valence-corrected chi connectivity index (χ0v) is 17.0. The molecule has 0 heterocycles. The molecule has 2 atom stereocenters.